The maximum atomic E-state index is 12.6. The van der Waals surface area contributed by atoms with Crippen molar-refractivity contribution in [1.29, 1.82) is 0 Å². The second-order valence-electron chi connectivity index (χ2n) is 5.72. The Balaban J connectivity index is 1.75. The summed E-state index contributed by atoms with van der Waals surface area (Å²) in [5, 5.41) is 7.32. The number of amides is 2. The fourth-order valence-corrected chi connectivity index (χ4v) is 3.04. The predicted molar refractivity (Wildman–Crippen MR) is 86.8 cm³/mol. The van der Waals surface area contributed by atoms with Gasteiger partial charge in [-0.15, -0.1) is 0 Å². The fourth-order valence-electron chi connectivity index (χ4n) is 3.04. The molecule has 2 amide bonds. The van der Waals surface area contributed by atoms with Crippen LogP contribution in [0.15, 0.2) is 36.5 Å². The van der Waals surface area contributed by atoms with Crippen LogP contribution in [0.5, 0.6) is 0 Å². The number of nitrogens with zero attached hydrogens (tertiary/aromatic N) is 3. The summed E-state index contributed by atoms with van der Waals surface area (Å²) in [6, 6.07) is 9.99. The third kappa shape index (κ3) is 2.84. The molecule has 0 bridgehead atoms. The summed E-state index contributed by atoms with van der Waals surface area (Å²) in [6.07, 6.45) is 3.83. The van der Waals surface area contributed by atoms with E-state index in [1.807, 2.05) is 53.0 Å². The highest BCUT2D eigenvalue weighted by molar-refractivity contribution is 5.89. The van der Waals surface area contributed by atoms with Crippen LogP contribution in [0, 0.1) is 6.92 Å². The molecule has 0 aliphatic carbocycles. The lowest BCUT2D eigenvalue weighted by Crippen LogP contribution is -2.35. The predicted octanol–water partition coefficient (Wildman–Crippen LogP) is 3.58. The molecule has 0 saturated carbocycles. The normalized spacial score (nSPS) is 17.7. The molecule has 116 valence electrons. The van der Waals surface area contributed by atoms with E-state index in [4.69, 9.17) is 0 Å². The number of anilines is 1. The number of hydrogen-bond donors (Lipinski definition) is 1. The quantitative estimate of drug-likeness (QED) is 0.941. The molecule has 2 aromatic rings. The summed E-state index contributed by atoms with van der Waals surface area (Å²) in [5.74, 6) is 0. The first kappa shape index (κ1) is 14.6. The maximum absolute atomic E-state index is 12.6. The van der Waals surface area contributed by atoms with Gasteiger partial charge in [0.1, 0.15) is 0 Å². The minimum atomic E-state index is -0.0322. The van der Waals surface area contributed by atoms with Crippen LogP contribution in [-0.4, -0.2) is 27.3 Å². The van der Waals surface area contributed by atoms with Gasteiger partial charge in [-0.2, -0.15) is 5.10 Å². The Morgan fingerprint density at radius 1 is 1.32 bits per heavy atom. The van der Waals surface area contributed by atoms with Crippen LogP contribution in [0.3, 0.4) is 0 Å². The first-order valence-electron chi connectivity index (χ1n) is 7.85. The van der Waals surface area contributed by atoms with Gasteiger partial charge in [0.25, 0.3) is 0 Å². The third-order valence-corrected chi connectivity index (χ3v) is 4.21. The summed E-state index contributed by atoms with van der Waals surface area (Å²) in [7, 11) is 0. The molecule has 0 spiro atoms. The Hall–Kier alpha value is -2.30. The van der Waals surface area contributed by atoms with Crippen molar-refractivity contribution < 1.29 is 4.79 Å². The van der Waals surface area contributed by atoms with Gasteiger partial charge in [-0.1, -0.05) is 17.7 Å². The van der Waals surface area contributed by atoms with Crippen LogP contribution in [0.2, 0.25) is 0 Å². The van der Waals surface area contributed by atoms with Crippen molar-refractivity contribution in [2.75, 3.05) is 11.9 Å². The van der Waals surface area contributed by atoms with E-state index in [-0.39, 0.29) is 12.1 Å². The molecule has 1 N–H and O–H groups in total. The van der Waals surface area contributed by atoms with Gasteiger partial charge >= 0.3 is 6.03 Å². The summed E-state index contributed by atoms with van der Waals surface area (Å²) in [4.78, 5) is 14.5. The average molecular weight is 298 g/mol. The molecule has 2 heterocycles. The number of hydrogen-bond acceptors (Lipinski definition) is 2. The molecule has 1 aliphatic heterocycles. The molecule has 1 fully saturated rings. The number of aryl methyl sites for hydroxylation is 2. The molecule has 0 unspecified atom stereocenters. The molecular formula is C17H22N4O. The van der Waals surface area contributed by atoms with E-state index >= 15 is 0 Å². The number of aromatic nitrogens is 2. The van der Waals surface area contributed by atoms with Gasteiger partial charge in [-0.25, -0.2) is 4.79 Å². The van der Waals surface area contributed by atoms with Crippen molar-refractivity contribution in [3.8, 4) is 0 Å². The summed E-state index contributed by atoms with van der Waals surface area (Å²) in [5.41, 5.74) is 3.15. The zero-order valence-corrected chi connectivity index (χ0v) is 13.1. The Kier molecular flexibility index (Phi) is 4.13. The Morgan fingerprint density at radius 3 is 2.82 bits per heavy atom. The number of carbonyl (C=O) groups is 1. The highest BCUT2D eigenvalue weighted by Crippen LogP contribution is 2.32. The summed E-state index contributed by atoms with van der Waals surface area (Å²) in [6.45, 7) is 5.72. The molecule has 1 atom stereocenters. The molecule has 1 aromatic heterocycles. The molecule has 1 aliphatic rings. The van der Waals surface area contributed by atoms with Crippen LogP contribution in [0.1, 0.15) is 37.1 Å². The number of benzene rings is 1. The second-order valence-corrected chi connectivity index (χ2v) is 5.72. The zero-order chi connectivity index (χ0) is 15.5. The molecule has 0 radical (unpaired) electrons. The summed E-state index contributed by atoms with van der Waals surface area (Å²) < 4.78 is 1.97. The zero-order valence-electron chi connectivity index (χ0n) is 13.1. The average Bonchev–Trinajstić information content (AvgIpc) is 3.17. The number of carbonyl (C=O) groups excluding carboxylic acids is 1. The van der Waals surface area contributed by atoms with Gasteiger partial charge in [0, 0.05) is 25.0 Å². The highest BCUT2D eigenvalue weighted by Gasteiger charge is 2.31. The minimum Gasteiger partial charge on any atom is -0.316 e. The smallest absolute Gasteiger partial charge is 0.316 e. The lowest BCUT2D eigenvalue weighted by atomic mass is 10.1. The minimum absolute atomic E-state index is 0.0322. The van der Waals surface area contributed by atoms with Gasteiger partial charge in [0.15, 0.2) is 0 Å². The van der Waals surface area contributed by atoms with Crippen molar-refractivity contribution in [1.82, 2.24) is 14.7 Å². The number of rotatable bonds is 3. The Bertz CT molecular complexity index is 647. The maximum Gasteiger partial charge on any atom is 0.322 e. The van der Waals surface area contributed by atoms with Crippen molar-refractivity contribution in [2.45, 2.75) is 39.3 Å². The van der Waals surface area contributed by atoms with Crippen molar-refractivity contribution in [3.63, 3.8) is 0 Å². The second kappa shape index (κ2) is 6.22. The van der Waals surface area contributed by atoms with Gasteiger partial charge in [-0.05, 0) is 44.9 Å². The van der Waals surface area contributed by atoms with Crippen LogP contribution in [0.4, 0.5) is 10.5 Å². The molecule has 3 rings (SSSR count). The first-order valence-corrected chi connectivity index (χ1v) is 7.85. The lowest BCUT2D eigenvalue weighted by Gasteiger charge is -2.25. The lowest BCUT2D eigenvalue weighted by molar-refractivity contribution is 0.204. The van der Waals surface area contributed by atoms with E-state index in [0.717, 1.165) is 37.3 Å². The van der Waals surface area contributed by atoms with Gasteiger partial charge in [-0.3, -0.25) is 4.68 Å². The monoisotopic (exact) mass is 298 g/mol. The van der Waals surface area contributed by atoms with E-state index < -0.39 is 0 Å². The highest BCUT2D eigenvalue weighted by atomic mass is 16.2. The largest absolute Gasteiger partial charge is 0.322 e. The fraction of sp³-hybridized carbons (Fsp3) is 0.412. The molecule has 22 heavy (non-hydrogen) atoms. The van der Waals surface area contributed by atoms with Crippen molar-refractivity contribution >= 4 is 11.7 Å². The van der Waals surface area contributed by atoms with E-state index in [1.165, 1.54) is 5.56 Å². The molecule has 5 heteroatoms. The third-order valence-electron chi connectivity index (χ3n) is 4.21. The van der Waals surface area contributed by atoms with Crippen molar-refractivity contribution in [2.24, 2.45) is 0 Å². The molecule has 5 nitrogen and oxygen atoms in total. The molecule has 1 aromatic carbocycles. The number of likely N-dealkylation sites (tertiary alicyclic amines) is 1. The van der Waals surface area contributed by atoms with E-state index in [1.54, 1.807) is 0 Å². The van der Waals surface area contributed by atoms with Crippen LogP contribution < -0.4 is 5.32 Å². The Labute approximate surface area is 130 Å². The van der Waals surface area contributed by atoms with Crippen LogP contribution in [-0.2, 0) is 6.54 Å². The van der Waals surface area contributed by atoms with Gasteiger partial charge < -0.3 is 10.2 Å². The Morgan fingerprint density at radius 2 is 2.09 bits per heavy atom. The first-order chi connectivity index (χ1) is 10.7. The van der Waals surface area contributed by atoms with E-state index in [2.05, 4.69) is 17.3 Å². The van der Waals surface area contributed by atoms with E-state index in [0.29, 0.717) is 0 Å². The number of urea groups is 1. The number of nitrogens with one attached hydrogen (secondary N) is 1. The van der Waals surface area contributed by atoms with Crippen LogP contribution in [0.25, 0.3) is 0 Å². The summed E-state index contributed by atoms with van der Waals surface area (Å²) >= 11 is 0. The van der Waals surface area contributed by atoms with E-state index in [9.17, 15) is 4.79 Å². The SMILES string of the molecule is CCn1nccc1[C@H]1CCCN1C(=O)Nc1ccc(C)cc1. The standard InChI is InChI=1S/C17H22N4O/c1-3-21-16(10-11-18-21)15-5-4-12-20(15)17(22)19-14-8-6-13(2)7-9-14/h6-11,15H,3-5,12H2,1-2H3,(H,19,22)/t15-/m1/s1. The topological polar surface area (TPSA) is 50.2 Å². The molecular weight excluding hydrogens is 276 g/mol. The molecule has 1 saturated heterocycles. The van der Waals surface area contributed by atoms with Crippen LogP contribution >= 0.6 is 0 Å². The van der Waals surface area contributed by atoms with Crippen molar-refractivity contribution in [3.05, 3.63) is 47.8 Å². The van der Waals surface area contributed by atoms with Gasteiger partial charge in [0.2, 0.25) is 0 Å². The van der Waals surface area contributed by atoms with Gasteiger partial charge in [0.05, 0.1) is 11.7 Å².